The van der Waals surface area contributed by atoms with Crippen molar-refractivity contribution in [3.8, 4) is 0 Å². The SMILES string of the molecule is Cc1nnc(NC(=O)COC(=O)c2c3c(nc4ccccc24)CCCCCC3)s1. The second-order valence-corrected chi connectivity index (χ2v) is 8.28. The van der Waals surface area contributed by atoms with Crippen molar-refractivity contribution >= 4 is 39.2 Å². The highest BCUT2D eigenvalue weighted by Crippen LogP contribution is 2.29. The lowest BCUT2D eigenvalue weighted by Crippen LogP contribution is -2.22. The normalized spacial score (nSPS) is 14.0. The molecule has 29 heavy (non-hydrogen) atoms. The first-order valence-corrected chi connectivity index (χ1v) is 10.6. The van der Waals surface area contributed by atoms with E-state index in [-0.39, 0.29) is 6.61 Å². The van der Waals surface area contributed by atoms with Gasteiger partial charge in [0.2, 0.25) is 5.13 Å². The van der Waals surface area contributed by atoms with E-state index >= 15 is 0 Å². The maximum atomic E-state index is 13.0. The van der Waals surface area contributed by atoms with Crippen molar-refractivity contribution < 1.29 is 14.3 Å². The number of aromatic nitrogens is 3. The van der Waals surface area contributed by atoms with Crippen LogP contribution in [-0.2, 0) is 22.4 Å². The van der Waals surface area contributed by atoms with Crippen LogP contribution in [0.25, 0.3) is 10.9 Å². The number of ether oxygens (including phenoxy) is 1. The molecular weight excluding hydrogens is 388 g/mol. The molecule has 1 aliphatic carbocycles. The first-order chi connectivity index (χ1) is 14.1. The van der Waals surface area contributed by atoms with E-state index in [1.54, 1.807) is 6.92 Å². The van der Waals surface area contributed by atoms with Gasteiger partial charge in [0.15, 0.2) is 6.61 Å². The number of nitrogens with zero attached hydrogens (tertiary/aromatic N) is 3. The van der Waals surface area contributed by atoms with Crippen LogP contribution in [-0.4, -0.2) is 33.7 Å². The summed E-state index contributed by atoms with van der Waals surface area (Å²) >= 11 is 1.27. The summed E-state index contributed by atoms with van der Waals surface area (Å²) < 4.78 is 5.39. The van der Waals surface area contributed by atoms with Gasteiger partial charge < -0.3 is 4.74 Å². The van der Waals surface area contributed by atoms with Crippen LogP contribution in [0.2, 0.25) is 0 Å². The molecule has 1 amide bonds. The molecule has 4 rings (SSSR count). The molecular formula is C21H22N4O3S. The molecule has 1 aliphatic rings. The zero-order valence-corrected chi connectivity index (χ0v) is 17.1. The van der Waals surface area contributed by atoms with E-state index in [1.807, 2.05) is 24.3 Å². The second-order valence-electron chi connectivity index (χ2n) is 7.09. The van der Waals surface area contributed by atoms with Gasteiger partial charge >= 0.3 is 5.97 Å². The van der Waals surface area contributed by atoms with Gasteiger partial charge in [0.05, 0.1) is 11.1 Å². The van der Waals surface area contributed by atoms with Gasteiger partial charge in [0, 0.05) is 11.1 Å². The topological polar surface area (TPSA) is 94.1 Å². The predicted molar refractivity (Wildman–Crippen MR) is 111 cm³/mol. The molecule has 0 saturated heterocycles. The Kier molecular flexibility index (Phi) is 5.80. The van der Waals surface area contributed by atoms with Crippen molar-refractivity contribution in [1.29, 1.82) is 0 Å². The van der Waals surface area contributed by atoms with E-state index in [4.69, 9.17) is 9.72 Å². The molecule has 7 nitrogen and oxygen atoms in total. The van der Waals surface area contributed by atoms with E-state index in [2.05, 4.69) is 15.5 Å². The number of fused-ring (bicyclic) bond motifs is 2. The minimum Gasteiger partial charge on any atom is -0.452 e. The van der Waals surface area contributed by atoms with E-state index in [0.29, 0.717) is 10.7 Å². The first-order valence-electron chi connectivity index (χ1n) is 9.79. The molecule has 0 unspecified atom stereocenters. The Hall–Kier alpha value is -2.87. The molecule has 0 aliphatic heterocycles. The number of carbonyl (C=O) groups excluding carboxylic acids is 2. The third-order valence-electron chi connectivity index (χ3n) is 4.98. The van der Waals surface area contributed by atoms with Crippen molar-refractivity contribution in [3.63, 3.8) is 0 Å². The molecule has 2 heterocycles. The lowest BCUT2D eigenvalue weighted by Gasteiger charge is -2.18. The molecule has 0 saturated carbocycles. The van der Waals surface area contributed by atoms with Crippen LogP contribution in [0.3, 0.4) is 0 Å². The molecule has 2 aromatic heterocycles. The van der Waals surface area contributed by atoms with Crippen LogP contribution < -0.4 is 5.32 Å². The van der Waals surface area contributed by atoms with Gasteiger partial charge in [-0.2, -0.15) is 0 Å². The molecule has 150 valence electrons. The summed E-state index contributed by atoms with van der Waals surface area (Å²) in [4.78, 5) is 30.0. The summed E-state index contributed by atoms with van der Waals surface area (Å²) in [6.07, 6.45) is 6.06. The number of esters is 1. The number of carbonyl (C=O) groups is 2. The molecule has 0 fully saturated rings. The van der Waals surface area contributed by atoms with E-state index in [9.17, 15) is 9.59 Å². The first kappa shape index (κ1) is 19.4. The largest absolute Gasteiger partial charge is 0.452 e. The number of hydrogen-bond donors (Lipinski definition) is 1. The lowest BCUT2D eigenvalue weighted by molar-refractivity contribution is -0.119. The molecule has 3 aromatic rings. The molecule has 0 spiro atoms. The van der Waals surface area contributed by atoms with Gasteiger partial charge in [-0.15, -0.1) is 10.2 Å². The van der Waals surface area contributed by atoms with Crippen LogP contribution in [0.1, 0.15) is 52.3 Å². The molecule has 8 heteroatoms. The van der Waals surface area contributed by atoms with Gasteiger partial charge in [0.25, 0.3) is 5.91 Å². The van der Waals surface area contributed by atoms with E-state index in [0.717, 1.165) is 59.3 Å². The smallest absolute Gasteiger partial charge is 0.339 e. The number of para-hydroxylation sites is 1. The number of benzene rings is 1. The summed E-state index contributed by atoms with van der Waals surface area (Å²) in [6, 6.07) is 7.61. The Morgan fingerprint density at radius 2 is 1.90 bits per heavy atom. The molecule has 1 aromatic carbocycles. The number of aryl methyl sites for hydroxylation is 2. The Labute approximate surface area is 172 Å². The summed E-state index contributed by atoms with van der Waals surface area (Å²) in [6.45, 7) is 1.43. The zero-order chi connectivity index (χ0) is 20.2. The quantitative estimate of drug-likeness (QED) is 0.657. The van der Waals surface area contributed by atoms with Crippen molar-refractivity contribution in [2.24, 2.45) is 0 Å². The number of anilines is 1. The van der Waals surface area contributed by atoms with Crippen molar-refractivity contribution in [3.05, 3.63) is 46.1 Å². The fraction of sp³-hybridized carbons (Fsp3) is 0.381. The highest BCUT2D eigenvalue weighted by atomic mass is 32.1. The summed E-state index contributed by atoms with van der Waals surface area (Å²) in [5.41, 5.74) is 3.28. The molecule has 1 N–H and O–H groups in total. The lowest BCUT2D eigenvalue weighted by atomic mass is 9.91. The van der Waals surface area contributed by atoms with Crippen LogP contribution in [0.5, 0.6) is 0 Å². The number of amides is 1. The second kappa shape index (κ2) is 8.65. The van der Waals surface area contributed by atoms with E-state index < -0.39 is 11.9 Å². The maximum absolute atomic E-state index is 13.0. The van der Waals surface area contributed by atoms with Gasteiger partial charge in [0.1, 0.15) is 5.01 Å². The van der Waals surface area contributed by atoms with Crippen molar-refractivity contribution in [2.75, 3.05) is 11.9 Å². The number of rotatable bonds is 4. The average Bonchev–Trinajstić information content (AvgIpc) is 3.10. The van der Waals surface area contributed by atoms with Crippen molar-refractivity contribution in [2.45, 2.75) is 45.4 Å². The summed E-state index contributed by atoms with van der Waals surface area (Å²) in [5.74, 6) is -0.917. The van der Waals surface area contributed by atoms with Gasteiger partial charge in [-0.05, 0) is 44.2 Å². The number of nitrogens with one attached hydrogen (secondary N) is 1. The Bertz CT molecular complexity index is 1060. The fourth-order valence-corrected chi connectivity index (χ4v) is 4.27. The van der Waals surface area contributed by atoms with E-state index in [1.165, 1.54) is 17.8 Å². The highest BCUT2D eigenvalue weighted by Gasteiger charge is 2.23. The van der Waals surface area contributed by atoms with Gasteiger partial charge in [-0.3, -0.25) is 15.1 Å². The Morgan fingerprint density at radius 3 is 2.69 bits per heavy atom. The molecule has 0 atom stereocenters. The summed E-state index contributed by atoms with van der Waals surface area (Å²) in [7, 11) is 0. The summed E-state index contributed by atoms with van der Waals surface area (Å²) in [5, 5.41) is 12.2. The Balaban J connectivity index is 1.58. The van der Waals surface area contributed by atoms with Crippen LogP contribution in [0.4, 0.5) is 5.13 Å². The molecule has 0 bridgehead atoms. The zero-order valence-electron chi connectivity index (χ0n) is 16.2. The van der Waals surface area contributed by atoms with Crippen LogP contribution in [0.15, 0.2) is 24.3 Å². The van der Waals surface area contributed by atoms with Crippen LogP contribution in [0, 0.1) is 6.92 Å². The number of hydrogen-bond acceptors (Lipinski definition) is 7. The molecule has 0 radical (unpaired) electrons. The monoisotopic (exact) mass is 410 g/mol. The average molecular weight is 410 g/mol. The third-order valence-corrected chi connectivity index (χ3v) is 5.73. The van der Waals surface area contributed by atoms with Crippen LogP contribution >= 0.6 is 11.3 Å². The minimum absolute atomic E-state index is 0.372. The Morgan fingerprint density at radius 1 is 1.10 bits per heavy atom. The van der Waals surface area contributed by atoms with Crippen molar-refractivity contribution in [1.82, 2.24) is 15.2 Å². The highest BCUT2D eigenvalue weighted by molar-refractivity contribution is 7.15. The van der Waals surface area contributed by atoms with Gasteiger partial charge in [-0.1, -0.05) is 42.4 Å². The van der Waals surface area contributed by atoms with Gasteiger partial charge in [-0.25, -0.2) is 4.79 Å². The number of pyridine rings is 1. The minimum atomic E-state index is -0.482. The standard InChI is InChI=1S/C21H22N4O3S/c1-13-24-25-21(29-13)23-18(26)12-28-20(27)19-14-8-4-2-3-5-10-16(14)22-17-11-7-6-9-15(17)19/h6-7,9,11H,2-5,8,10,12H2,1H3,(H,23,25,26). The predicted octanol–water partition coefficient (Wildman–Crippen LogP) is 3.85. The fourth-order valence-electron chi connectivity index (χ4n) is 3.66. The maximum Gasteiger partial charge on any atom is 0.339 e. The third kappa shape index (κ3) is 4.42.